The SMILES string of the molecule is CC(NCc1ccsc1)c1cc(F)c(Cl)cc1Cl. The Labute approximate surface area is 120 Å². The summed E-state index contributed by atoms with van der Waals surface area (Å²) in [7, 11) is 0. The van der Waals surface area contributed by atoms with Crippen molar-refractivity contribution in [2.45, 2.75) is 19.5 Å². The van der Waals surface area contributed by atoms with E-state index in [9.17, 15) is 4.39 Å². The van der Waals surface area contributed by atoms with Crippen molar-refractivity contribution in [1.82, 2.24) is 5.32 Å². The van der Waals surface area contributed by atoms with Gasteiger partial charge in [-0.3, -0.25) is 0 Å². The Morgan fingerprint density at radius 2 is 2.11 bits per heavy atom. The zero-order chi connectivity index (χ0) is 13.1. The molecule has 1 heterocycles. The predicted molar refractivity (Wildman–Crippen MR) is 76.0 cm³/mol. The molecule has 5 heteroatoms. The number of benzene rings is 1. The standard InChI is InChI=1S/C13H12Cl2FNS/c1-8(17-6-9-2-3-18-7-9)10-4-13(16)12(15)5-11(10)14/h2-5,7-8,17H,6H2,1H3. The van der Waals surface area contributed by atoms with E-state index in [4.69, 9.17) is 23.2 Å². The fourth-order valence-electron chi connectivity index (χ4n) is 1.64. The smallest absolute Gasteiger partial charge is 0.142 e. The van der Waals surface area contributed by atoms with Crippen LogP contribution in [0.1, 0.15) is 24.1 Å². The highest BCUT2D eigenvalue weighted by atomic mass is 35.5. The van der Waals surface area contributed by atoms with E-state index in [0.717, 1.165) is 6.54 Å². The Morgan fingerprint density at radius 3 is 2.78 bits per heavy atom. The van der Waals surface area contributed by atoms with Gasteiger partial charge in [-0.15, -0.1) is 0 Å². The third kappa shape index (κ3) is 3.23. The molecule has 0 aliphatic carbocycles. The van der Waals surface area contributed by atoms with E-state index in [1.807, 2.05) is 12.3 Å². The third-order valence-electron chi connectivity index (χ3n) is 2.70. The normalized spacial score (nSPS) is 12.7. The molecule has 1 aromatic carbocycles. The Balaban J connectivity index is 2.09. The minimum absolute atomic E-state index is 0.0378. The van der Waals surface area contributed by atoms with Crippen molar-refractivity contribution in [2.24, 2.45) is 0 Å². The molecule has 2 aromatic rings. The van der Waals surface area contributed by atoms with Gasteiger partial charge in [0, 0.05) is 17.6 Å². The maximum Gasteiger partial charge on any atom is 0.142 e. The van der Waals surface area contributed by atoms with E-state index in [2.05, 4.69) is 16.8 Å². The van der Waals surface area contributed by atoms with Crippen LogP contribution in [0.5, 0.6) is 0 Å². The van der Waals surface area contributed by atoms with Crippen molar-refractivity contribution in [2.75, 3.05) is 0 Å². The van der Waals surface area contributed by atoms with Crippen LogP contribution in [0.2, 0.25) is 10.0 Å². The van der Waals surface area contributed by atoms with Gasteiger partial charge in [0.2, 0.25) is 0 Å². The van der Waals surface area contributed by atoms with Crippen LogP contribution in [0.25, 0.3) is 0 Å². The number of rotatable bonds is 4. The lowest BCUT2D eigenvalue weighted by molar-refractivity contribution is 0.566. The minimum atomic E-state index is -0.444. The van der Waals surface area contributed by atoms with Gasteiger partial charge in [-0.25, -0.2) is 4.39 Å². The van der Waals surface area contributed by atoms with Crippen LogP contribution in [0.3, 0.4) is 0 Å². The molecule has 0 aliphatic rings. The second kappa shape index (κ2) is 6.02. The van der Waals surface area contributed by atoms with Gasteiger partial charge in [-0.05, 0) is 47.0 Å². The lowest BCUT2D eigenvalue weighted by atomic mass is 10.1. The largest absolute Gasteiger partial charge is 0.306 e. The van der Waals surface area contributed by atoms with Gasteiger partial charge in [0.25, 0.3) is 0 Å². The van der Waals surface area contributed by atoms with Gasteiger partial charge < -0.3 is 5.32 Å². The lowest BCUT2D eigenvalue weighted by Gasteiger charge is -2.16. The van der Waals surface area contributed by atoms with E-state index in [1.165, 1.54) is 17.7 Å². The van der Waals surface area contributed by atoms with Gasteiger partial charge in [0.1, 0.15) is 5.82 Å². The van der Waals surface area contributed by atoms with Crippen molar-refractivity contribution < 1.29 is 4.39 Å². The highest BCUT2D eigenvalue weighted by molar-refractivity contribution is 7.07. The Kier molecular flexibility index (Phi) is 4.62. The van der Waals surface area contributed by atoms with Gasteiger partial charge in [-0.1, -0.05) is 23.2 Å². The lowest BCUT2D eigenvalue weighted by Crippen LogP contribution is -2.18. The summed E-state index contributed by atoms with van der Waals surface area (Å²) in [4.78, 5) is 0. The highest BCUT2D eigenvalue weighted by Gasteiger charge is 2.13. The molecule has 1 nitrogen and oxygen atoms in total. The zero-order valence-electron chi connectivity index (χ0n) is 9.71. The summed E-state index contributed by atoms with van der Waals surface area (Å²) in [5.74, 6) is -0.444. The molecule has 0 spiro atoms. The number of nitrogens with one attached hydrogen (secondary N) is 1. The average molecular weight is 304 g/mol. The summed E-state index contributed by atoms with van der Waals surface area (Å²) in [6, 6.07) is 4.84. The molecular weight excluding hydrogens is 292 g/mol. The van der Waals surface area contributed by atoms with Crippen LogP contribution in [-0.4, -0.2) is 0 Å². The van der Waals surface area contributed by atoms with Crippen LogP contribution in [0, 0.1) is 5.82 Å². The number of halogens is 3. The van der Waals surface area contributed by atoms with Gasteiger partial charge >= 0.3 is 0 Å². The van der Waals surface area contributed by atoms with Gasteiger partial charge in [0.05, 0.1) is 5.02 Å². The van der Waals surface area contributed by atoms with Crippen LogP contribution >= 0.6 is 34.5 Å². The number of thiophene rings is 1. The number of hydrogen-bond acceptors (Lipinski definition) is 2. The van der Waals surface area contributed by atoms with Crippen molar-refractivity contribution in [3.8, 4) is 0 Å². The topological polar surface area (TPSA) is 12.0 Å². The van der Waals surface area contributed by atoms with Crippen molar-refractivity contribution in [3.05, 3.63) is 55.9 Å². The summed E-state index contributed by atoms with van der Waals surface area (Å²) >= 11 is 13.4. The van der Waals surface area contributed by atoms with Crippen LogP contribution < -0.4 is 5.32 Å². The molecule has 0 aliphatic heterocycles. The van der Waals surface area contributed by atoms with Crippen LogP contribution in [0.4, 0.5) is 4.39 Å². The molecule has 0 fully saturated rings. The molecule has 1 unspecified atom stereocenters. The zero-order valence-corrected chi connectivity index (χ0v) is 12.0. The average Bonchev–Trinajstić information content (AvgIpc) is 2.84. The third-order valence-corrected chi connectivity index (χ3v) is 4.05. The molecule has 1 atom stereocenters. The maximum atomic E-state index is 13.4. The Morgan fingerprint density at radius 1 is 1.33 bits per heavy atom. The predicted octanol–water partition coefficient (Wildman–Crippen LogP) is 5.04. The van der Waals surface area contributed by atoms with E-state index in [0.29, 0.717) is 10.6 Å². The second-order valence-corrected chi connectivity index (χ2v) is 5.62. The molecule has 0 saturated heterocycles. The van der Waals surface area contributed by atoms with Crippen LogP contribution in [0.15, 0.2) is 29.0 Å². The summed E-state index contributed by atoms with van der Waals surface area (Å²) in [5.41, 5.74) is 1.92. The fourth-order valence-corrected chi connectivity index (χ4v) is 2.86. The second-order valence-electron chi connectivity index (χ2n) is 4.02. The molecule has 2 rings (SSSR count). The van der Waals surface area contributed by atoms with E-state index >= 15 is 0 Å². The Bertz CT molecular complexity index is 528. The monoisotopic (exact) mass is 303 g/mol. The van der Waals surface area contributed by atoms with Crippen LogP contribution in [-0.2, 0) is 6.54 Å². The first-order chi connectivity index (χ1) is 8.58. The first-order valence-electron chi connectivity index (χ1n) is 5.47. The molecule has 0 radical (unpaired) electrons. The molecular formula is C13H12Cl2FNS. The highest BCUT2D eigenvalue weighted by Crippen LogP contribution is 2.28. The van der Waals surface area contributed by atoms with E-state index in [1.54, 1.807) is 11.3 Å². The van der Waals surface area contributed by atoms with E-state index < -0.39 is 5.82 Å². The minimum Gasteiger partial charge on any atom is -0.306 e. The molecule has 0 bridgehead atoms. The van der Waals surface area contributed by atoms with Gasteiger partial charge in [0.15, 0.2) is 0 Å². The number of hydrogen-bond donors (Lipinski definition) is 1. The van der Waals surface area contributed by atoms with Gasteiger partial charge in [-0.2, -0.15) is 11.3 Å². The maximum absolute atomic E-state index is 13.4. The summed E-state index contributed by atoms with van der Waals surface area (Å²) in [5, 5.41) is 7.93. The molecule has 96 valence electrons. The summed E-state index contributed by atoms with van der Waals surface area (Å²) < 4.78 is 13.4. The quantitative estimate of drug-likeness (QED) is 0.780. The molecule has 18 heavy (non-hydrogen) atoms. The molecule has 1 aromatic heterocycles. The summed E-state index contributed by atoms with van der Waals surface area (Å²) in [6.45, 7) is 2.67. The first-order valence-corrected chi connectivity index (χ1v) is 7.16. The first kappa shape index (κ1) is 13.8. The fraction of sp³-hybridized carbons (Fsp3) is 0.231. The van der Waals surface area contributed by atoms with E-state index in [-0.39, 0.29) is 11.1 Å². The van der Waals surface area contributed by atoms with Crippen molar-refractivity contribution in [3.63, 3.8) is 0 Å². The summed E-state index contributed by atoms with van der Waals surface area (Å²) in [6.07, 6.45) is 0. The molecule has 1 N–H and O–H groups in total. The molecule has 0 saturated carbocycles. The Hall–Kier alpha value is -0.610. The van der Waals surface area contributed by atoms with Crippen molar-refractivity contribution >= 4 is 34.5 Å². The van der Waals surface area contributed by atoms with Crippen molar-refractivity contribution in [1.29, 1.82) is 0 Å². The molecule has 0 amide bonds.